The van der Waals surface area contributed by atoms with Gasteiger partial charge < -0.3 is 5.32 Å². The molecule has 2 nitrogen and oxygen atoms in total. The van der Waals surface area contributed by atoms with Gasteiger partial charge in [-0.1, -0.05) is 37.6 Å². The first-order chi connectivity index (χ1) is 8.88. The van der Waals surface area contributed by atoms with Gasteiger partial charge in [-0.25, -0.2) is 0 Å². The zero-order chi connectivity index (χ0) is 14.6. The second-order valence-electron chi connectivity index (χ2n) is 5.56. The lowest BCUT2D eigenvalue weighted by molar-refractivity contribution is 0.0944. The molecule has 1 N–H and O–H groups in total. The average molecular weight is 283 g/mol. The highest BCUT2D eigenvalue weighted by atomic mass is 35.5. The van der Waals surface area contributed by atoms with Crippen molar-refractivity contribution in [1.29, 1.82) is 0 Å². The minimum atomic E-state index is 0.0385. The first-order valence-corrected chi connectivity index (χ1v) is 7.44. The quantitative estimate of drug-likeness (QED) is 0.847. The zero-order valence-electron chi connectivity index (χ0n) is 13.0. The highest BCUT2D eigenvalue weighted by molar-refractivity contribution is 6.31. The minimum absolute atomic E-state index is 0.0385. The Balaban J connectivity index is 3.14. The Bertz CT molecular complexity index is 411. The summed E-state index contributed by atoms with van der Waals surface area (Å²) in [5.41, 5.74) is 2.41. The van der Waals surface area contributed by atoms with Gasteiger partial charge in [0.1, 0.15) is 0 Å². The molecule has 1 atom stereocenters. The Morgan fingerprint density at radius 1 is 1.26 bits per heavy atom. The molecule has 0 aliphatic rings. The molecule has 1 aromatic carbocycles. The van der Waals surface area contributed by atoms with E-state index in [4.69, 9.17) is 11.6 Å². The summed E-state index contributed by atoms with van der Waals surface area (Å²) in [4.78, 5) is 2.47. The highest BCUT2D eigenvalue weighted by Gasteiger charge is 2.34. The van der Waals surface area contributed by atoms with E-state index in [-0.39, 0.29) is 11.6 Å². The number of nitrogens with zero attached hydrogens (tertiary/aromatic N) is 1. The van der Waals surface area contributed by atoms with Crippen LogP contribution >= 0.6 is 11.6 Å². The zero-order valence-corrected chi connectivity index (χ0v) is 13.8. The van der Waals surface area contributed by atoms with Gasteiger partial charge in [0.2, 0.25) is 0 Å². The van der Waals surface area contributed by atoms with E-state index in [9.17, 15) is 0 Å². The molecule has 1 unspecified atom stereocenters. The van der Waals surface area contributed by atoms with Crippen LogP contribution < -0.4 is 5.32 Å². The maximum Gasteiger partial charge on any atom is 0.0499 e. The van der Waals surface area contributed by atoms with E-state index in [1.807, 2.05) is 14.0 Å². The van der Waals surface area contributed by atoms with E-state index >= 15 is 0 Å². The Morgan fingerprint density at radius 3 is 2.26 bits per heavy atom. The van der Waals surface area contributed by atoms with Gasteiger partial charge in [0.25, 0.3) is 0 Å². The first-order valence-electron chi connectivity index (χ1n) is 7.06. The number of nitrogens with one attached hydrogen (secondary N) is 1. The van der Waals surface area contributed by atoms with Gasteiger partial charge >= 0.3 is 0 Å². The Labute approximate surface area is 123 Å². The summed E-state index contributed by atoms with van der Waals surface area (Å²) in [7, 11) is 2.02. The molecule has 1 aromatic rings. The van der Waals surface area contributed by atoms with Gasteiger partial charge in [0.15, 0.2) is 0 Å². The summed E-state index contributed by atoms with van der Waals surface area (Å²) < 4.78 is 0. The molecule has 0 heterocycles. The molecule has 0 saturated heterocycles. The van der Waals surface area contributed by atoms with E-state index < -0.39 is 0 Å². The molecule has 0 bridgehead atoms. The van der Waals surface area contributed by atoms with Crippen molar-refractivity contribution in [3.05, 3.63) is 34.3 Å². The van der Waals surface area contributed by atoms with Crippen LogP contribution in [0.15, 0.2) is 18.2 Å². The Morgan fingerprint density at radius 2 is 1.84 bits per heavy atom. The monoisotopic (exact) mass is 282 g/mol. The third kappa shape index (κ3) is 3.50. The molecule has 108 valence electrons. The molecule has 0 saturated carbocycles. The Kier molecular flexibility index (Phi) is 5.84. The second-order valence-corrected chi connectivity index (χ2v) is 5.96. The van der Waals surface area contributed by atoms with Crippen LogP contribution in [0.4, 0.5) is 0 Å². The molecule has 0 radical (unpaired) electrons. The molecule has 0 aromatic heterocycles. The standard InChI is InChI=1S/C16H27ClN2/c1-7-19(8-2)16(4,5)15(18-6)13-10-9-12(3)14(17)11-13/h9-11,15,18H,7-8H2,1-6H3. The van der Waals surface area contributed by atoms with Crippen LogP contribution in [-0.4, -0.2) is 30.6 Å². The van der Waals surface area contributed by atoms with Gasteiger partial charge in [-0.05, 0) is 58.1 Å². The summed E-state index contributed by atoms with van der Waals surface area (Å²) in [6, 6.07) is 6.61. The molecule has 0 aliphatic carbocycles. The lowest BCUT2D eigenvalue weighted by Crippen LogP contribution is -2.51. The lowest BCUT2D eigenvalue weighted by Gasteiger charge is -2.43. The lowest BCUT2D eigenvalue weighted by atomic mass is 9.86. The summed E-state index contributed by atoms with van der Waals surface area (Å²) in [5, 5.41) is 4.29. The molecule has 19 heavy (non-hydrogen) atoms. The van der Waals surface area contributed by atoms with Gasteiger partial charge in [0.05, 0.1) is 0 Å². The van der Waals surface area contributed by atoms with Crippen LogP contribution in [0.1, 0.15) is 44.9 Å². The smallest absolute Gasteiger partial charge is 0.0499 e. The average Bonchev–Trinajstić information content (AvgIpc) is 2.35. The van der Waals surface area contributed by atoms with Gasteiger partial charge in [-0.15, -0.1) is 0 Å². The van der Waals surface area contributed by atoms with E-state index in [0.29, 0.717) is 0 Å². The number of hydrogen-bond donors (Lipinski definition) is 1. The van der Waals surface area contributed by atoms with Crippen LogP contribution in [0.2, 0.25) is 5.02 Å². The summed E-state index contributed by atoms with van der Waals surface area (Å²) in [6.07, 6.45) is 0. The molecular weight excluding hydrogens is 256 g/mol. The van der Waals surface area contributed by atoms with Gasteiger partial charge in [-0.2, -0.15) is 0 Å². The number of aryl methyl sites for hydroxylation is 1. The third-order valence-electron chi connectivity index (χ3n) is 4.10. The SMILES string of the molecule is CCN(CC)C(C)(C)C(NC)c1ccc(C)c(Cl)c1. The van der Waals surface area contributed by atoms with Crippen LogP contribution in [0.3, 0.4) is 0 Å². The van der Waals surface area contributed by atoms with Crippen molar-refractivity contribution in [2.24, 2.45) is 0 Å². The molecule has 1 rings (SSSR count). The molecular formula is C16H27ClN2. The van der Waals surface area contributed by atoms with Gasteiger partial charge in [-0.3, -0.25) is 4.90 Å². The molecule has 0 fully saturated rings. The number of hydrogen-bond acceptors (Lipinski definition) is 2. The number of rotatable bonds is 6. The molecule has 0 aliphatic heterocycles. The predicted octanol–water partition coefficient (Wildman–Crippen LogP) is 4.03. The molecule has 0 spiro atoms. The maximum atomic E-state index is 6.27. The number of likely N-dealkylation sites (N-methyl/N-ethyl adjacent to an activating group) is 2. The topological polar surface area (TPSA) is 15.3 Å². The molecule has 3 heteroatoms. The van der Waals surface area contributed by atoms with Crippen molar-refractivity contribution in [3.8, 4) is 0 Å². The maximum absolute atomic E-state index is 6.27. The van der Waals surface area contributed by atoms with E-state index in [2.05, 4.69) is 56.1 Å². The van der Waals surface area contributed by atoms with Crippen molar-refractivity contribution in [2.45, 2.75) is 46.2 Å². The van der Waals surface area contributed by atoms with Crippen LogP contribution in [0.25, 0.3) is 0 Å². The van der Waals surface area contributed by atoms with Crippen LogP contribution in [0.5, 0.6) is 0 Å². The summed E-state index contributed by atoms with van der Waals surface area (Å²) in [5.74, 6) is 0. The fraction of sp³-hybridized carbons (Fsp3) is 0.625. The van der Waals surface area contributed by atoms with Crippen LogP contribution in [0, 0.1) is 6.92 Å². The minimum Gasteiger partial charge on any atom is -0.311 e. The number of benzene rings is 1. The van der Waals surface area contributed by atoms with Crippen molar-refractivity contribution in [3.63, 3.8) is 0 Å². The fourth-order valence-electron chi connectivity index (χ4n) is 2.94. The summed E-state index contributed by atoms with van der Waals surface area (Å²) in [6.45, 7) is 13.1. The second kappa shape index (κ2) is 6.74. The number of halogens is 1. The fourth-order valence-corrected chi connectivity index (χ4v) is 3.13. The third-order valence-corrected chi connectivity index (χ3v) is 4.51. The van der Waals surface area contributed by atoms with Crippen molar-refractivity contribution < 1.29 is 0 Å². The van der Waals surface area contributed by atoms with E-state index in [1.165, 1.54) is 5.56 Å². The van der Waals surface area contributed by atoms with Gasteiger partial charge in [0, 0.05) is 16.6 Å². The van der Waals surface area contributed by atoms with E-state index in [0.717, 1.165) is 23.7 Å². The van der Waals surface area contributed by atoms with Crippen molar-refractivity contribution in [2.75, 3.05) is 20.1 Å². The summed E-state index contributed by atoms with van der Waals surface area (Å²) >= 11 is 6.27. The largest absolute Gasteiger partial charge is 0.311 e. The Hall–Kier alpha value is -0.570. The van der Waals surface area contributed by atoms with E-state index in [1.54, 1.807) is 0 Å². The van der Waals surface area contributed by atoms with Crippen LogP contribution in [-0.2, 0) is 0 Å². The van der Waals surface area contributed by atoms with Crippen molar-refractivity contribution in [1.82, 2.24) is 10.2 Å². The predicted molar refractivity (Wildman–Crippen MR) is 85.0 cm³/mol. The first kappa shape index (κ1) is 16.5. The highest BCUT2D eigenvalue weighted by Crippen LogP contribution is 2.32. The molecule has 0 amide bonds. The normalized spacial score (nSPS) is 13.9. The van der Waals surface area contributed by atoms with Crippen molar-refractivity contribution >= 4 is 11.6 Å².